The maximum absolute atomic E-state index is 13.1. The first kappa shape index (κ1) is 13.9. The van der Waals surface area contributed by atoms with Crippen LogP contribution < -0.4 is 11.1 Å². The van der Waals surface area contributed by atoms with Crippen LogP contribution in [0.2, 0.25) is 0 Å². The summed E-state index contributed by atoms with van der Waals surface area (Å²) in [7, 11) is 1.79. The van der Waals surface area contributed by atoms with Gasteiger partial charge in [0, 0.05) is 19.8 Å². The van der Waals surface area contributed by atoms with Crippen molar-refractivity contribution in [2.24, 2.45) is 10.7 Å². The fourth-order valence-corrected chi connectivity index (χ4v) is 1.01. The Hall–Kier alpha value is -1.10. The molecule has 0 aliphatic carbocycles. The van der Waals surface area contributed by atoms with E-state index < -0.39 is 6.30 Å². The molecule has 3 N–H and O–H groups in total. The zero-order valence-corrected chi connectivity index (χ0v) is 9.70. The number of nitrogens with one attached hydrogen (secondary N) is 1. The SMILES string of the molecule is CN/C=C(\C)N=CN(CCCN)C(C)F. The lowest BCUT2D eigenvalue weighted by Crippen LogP contribution is -2.30. The van der Waals surface area contributed by atoms with Crippen LogP contribution >= 0.6 is 0 Å². The van der Waals surface area contributed by atoms with E-state index in [1.165, 1.54) is 18.2 Å². The Morgan fingerprint density at radius 2 is 2.33 bits per heavy atom. The van der Waals surface area contributed by atoms with Crippen molar-refractivity contribution in [3.05, 3.63) is 11.9 Å². The van der Waals surface area contributed by atoms with Crippen molar-refractivity contribution in [1.29, 1.82) is 0 Å². The van der Waals surface area contributed by atoms with Crippen molar-refractivity contribution < 1.29 is 4.39 Å². The number of halogens is 1. The Morgan fingerprint density at radius 3 is 2.80 bits per heavy atom. The van der Waals surface area contributed by atoms with Gasteiger partial charge in [0.2, 0.25) is 0 Å². The Morgan fingerprint density at radius 1 is 1.67 bits per heavy atom. The lowest BCUT2D eigenvalue weighted by Gasteiger charge is -2.20. The topological polar surface area (TPSA) is 53.7 Å². The van der Waals surface area contributed by atoms with Crippen molar-refractivity contribution >= 4 is 6.34 Å². The third-order valence-corrected chi connectivity index (χ3v) is 1.84. The fraction of sp³-hybridized carbons (Fsp3) is 0.700. The number of nitrogens with zero attached hydrogens (tertiary/aromatic N) is 2. The minimum absolute atomic E-state index is 0.558. The predicted molar refractivity (Wildman–Crippen MR) is 62.3 cm³/mol. The summed E-state index contributed by atoms with van der Waals surface area (Å²) >= 11 is 0. The molecule has 88 valence electrons. The maximum atomic E-state index is 13.1. The van der Waals surface area contributed by atoms with E-state index in [1.807, 2.05) is 6.92 Å². The Kier molecular flexibility index (Phi) is 7.62. The van der Waals surface area contributed by atoms with Gasteiger partial charge >= 0.3 is 0 Å². The van der Waals surface area contributed by atoms with Gasteiger partial charge in [0.05, 0.1) is 12.0 Å². The highest BCUT2D eigenvalue weighted by atomic mass is 19.1. The Balaban J connectivity index is 4.20. The van der Waals surface area contributed by atoms with Gasteiger partial charge in [-0.15, -0.1) is 0 Å². The van der Waals surface area contributed by atoms with Crippen LogP contribution in [0.15, 0.2) is 16.9 Å². The van der Waals surface area contributed by atoms with Crippen LogP contribution in [0.25, 0.3) is 0 Å². The summed E-state index contributed by atoms with van der Waals surface area (Å²) in [6.45, 7) is 4.48. The summed E-state index contributed by atoms with van der Waals surface area (Å²) in [6.07, 6.45) is 2.99. The number of rotatable bonds is 7. The molecule has 15 heavy (non-hydrogen) atoms. The molecule has 0 amide bonds. The third-order valence-electron chi connectivity index (χ3n) is 1.84. The number of nitrogens with two attached hydrogens (primary N) is 1. The monoisotopic (exact) mass is 216 g/mol. The zero-order valence-electron chi connectivity index (χ0n) is 9.70. The molecule has 0 aromatic heterocycles. The van der Waals surface area contributed by atoms with Crippen LogP contribution in [0.4, 0.5) is 4.39 Å². The minimum atomic E-state index is -1.04. The van der Waals surface area contributed by atoms with E-state index >= 15 is 0 Å². The molecule has 4 nitrogen and oxygen atoms in total. The van der Waals surface area contributed by atoms with E-state index in [2.05, 4.69) is 10.3 Å². The van der Waals surface area contributed by atoms with Crippen molar-refractivity contribution in [3.63, 3.8) is 0 Å². The smallest absolute Gasteiger partial charge is 0.170 e. The van der Waals surface area contributed by atoms with Gasteiger partial charge < -0.3 is 16.0 Å². The first-order valence-electron chi connectivity index (χ1n) is 5.10. The fourth-order valence-electron chi connectivity index (χ4n) is 1.01. The molecule has 0 spiro atoms. The first-order chi connectivity index (χ1) is 7.11. The van der Waals surface area contributed by atoms with E-state index in [4.69, 9.17) is 5.73 Å². The molecule has 0 heterocycles. The number of aliphatic imine (C=N–C) groups is 1. The Labute approximate surface area is 91.0 Å². The van der Waals surface area contributed by atoms with Gasteiger partial charge in [-0.25, -0.2) is 9.38 Å². The molecule has 1 atom stereocenters. The number of hydrogen-bond acceptors (Lipinski definition) is 3. The molecule has 0 aliphatic heterocycles. The predicted octanol–water partition coefficient (Wildman–Crippen LogP) is 1.06. The lowest BCUT2D eigenvalue weighted by atomic mass is 10.4. The summed E-state index contributed by atoms with van der Waals surface area (Å²) in [5.41, 5.74) is 6.17. The summed E-state index contributed by atoms with van der Waals surface area (Å²) in [4.78, 5) is 5.63. The van der Waals surface area contributed by atoms with E-state index in [0.717, 1.165) is 12.1 Å². The standard InChI is InChI=1S/C10H21FN4/c1-9(7-13-3)14-8-15(10(2)11)6-4-5-12/h7-8,10,13H,4-6,12H2,1-3H3/b9-7+,14-8?. The van der Waals surface area contributed by atoms with Crippen molar-refractivity contribution in [1.82, 2.24) is 10.2 Å². The van der Waals surface area contributed by atoms with E-state index in [-0.39, 0.29) is 0 Å². The molecule has 0 aliphatic rings. The molecule has 1 unspecified atom stereocenters. The maximum Gasteiger partial charge on any atom is 0.170 e. The highest BCUT2D eigenvalue weighted by Crippen LogP contribution is 2.00. The minimum Gasteiger partial charge on any atom is -0.393 e. The van der Waals surface area contributed by atoms with E-state index in [1.54, 1.807) is 13.2 Å². The van der Waals surface area contributed by atoms with Crippen molar-refractivity contribution in [2.75, 3.05) is 20.1 Å². The van der Waals surface area contributed by atoms with Crippen LogP contribution in [-0.2, 0) is 0 Å². The highest BCUT2D eigenvalue weighted by molar-refractivity contribution is 5.56. The summed E-state index contributed by atoms with van der Waals surface area (Å²) < 4.78 is 13.1. The molecule has 0 radical (unpaired) electrons. The third kappa shape index (κ3) is 6.90. The van der Waals surface area contributed by atoms with Gasteiger partial charge in [-0.05, 0) is 26.8 Å². The van der Waals surface area contributed by atoms with Crippen LogP contribution in [0.1, 0.15) is 20.3 Å². The molecule has 0 saturated carbocycles. The molecular formula is C10H21FN4. The molecule has 0 aromatic carbocycles. The summed E-state index contributed by atoms with van der Waals surface area (Å²) in [5.74, 6) is 0. The molecule has 5 heteroatoms. The lowest BCUT2D eigenvalue weighted by molar-refractivity contribution is 0.178. The quantitative estimate of drug-likeness (QED) is 0.380. The van der Waals surface area contributed by atoms with Gasteiger partial charge in [0.15, 0.2) is 6.30 Å². The van der Waals surface area contributed by atoms with Gasteiger partial charge in [0.25, 0.3) is 0 Å². The molecule has 0 saturated heterocycles. The van der Waals surface area contributed by atoms with Crippen LogP contribution in [0.5, 0.6) is 0 Å². The average molecular weight is 216 g/mol. The van der Waals surface area contributed by atoms with Gasteiger partial charge in [0.1, 0.15) is 0 Å². The van der Waals surface area contributed by atoms with Gasteiger partial charge in [-0.2, -0.15) is 0 Å². The van der Waals surface area contributed by atoms with Gasteiger partial charge in [-0.1, -0.05) is 0 Å². The van der Waals surface area contributed by atoms with Gasteiger partial charge in [-0.3, -0.25) is 0 Å². The Bertz CT molecular complexity index is 213. The first-order valence-corrected chi connectivity index (χ1v) is 5.10. The van der Waals surface area contributed by atoms with Crippen molar-refractivity contribution in [3.8, 4) is 0 Å². The second-order valence-corrected chi connectivity index (χ2v) is 3.27. The number of alkyl halides is 1. The largest absolute Gasteiger partial charge is 0.393 e. The van der Waals surface area contributed by atoms with Crippen LogP contribution in [-0.4, -0.2) is 37.7 Å². The molecular weight excluding hydrogens is 195 g/mol. The molecule has 0 aromatic rings. The van der Waals surface area contributed by atoms with E-state index in [0.29, 0.717) is 13.1 Å². The van der Waals surface area contributed by atoms with E-state index in [9.17, 15) is 4.39 Å². The molecule has 0 rings (SSSR count). The summed E-state index contributed by atoms with van der Waals surface area (Å²) in [6, 6.07) is 0. The second-order valence-electron chi connectivity index (χ2n) is 3.27. The zero-order chi connectivity index (χ0) is 11.7. The average Bonchev–Trinajstić information content (AvgIpc) is 2.17. The normalized spacial score (nSPS) is 14.3. The molecule has 0 bridgehead atoms. The van der Waals surface area contributed by atoms with Crippen molar-refractivity contribution in [2.45, 2.75) is 26.6 Å². The highest BCUT2D eigenvalue weighted by Gasteiger charge is 2.06. The van der Waals surface area contributed by atoms with Crippen LogP contribution in [0, 0.1) is 0 Å². The number of allylic oxidation sites excluding steroid dienone is 1. The molecule has 0 fully saturated rings. The summed E-state index contributed by atoms with van der Waals surface area (Å²) in [5, 5.41) is 2.86. The number of hydrogen-bond donors (Lipinski definition) is 2. The van der Waals surface area contributed by atoms with Crippen LogP contribution in [0.3, 0.4) is 0 Å². The second kappa shape index (κ2) is 8.23.